The fourth-order valence-electron chi connectivity index (χ4n) is 1.43. The van der Waals surface area contributed by atoms with E-state index in [4.69, 9.17) is 0 Å². The van der Waals surface area contributed by atoms with Crippen molar-refractivity contribution in [1.82, 2.24) is 10.2 Å². The van der Waals surface area contributed by atoms with E-state index in [1.165, 1.54) is 13.1 Å². The van der Waals surface area contributed by atoms with Gasteiger partial charge in [0.05, 0.1) is 0 Å². The average molecular weight is 215 g/mol. The van der Waals surface area contributed by atoms with Crippen LogP contribution < -0.4 is 5.32 Å². The molecule has 1 rings (SSSR count). The van der Waals surface area contributed by atoms with Crippen molar-refractivity contribution in [3.05, 3.63) is 0 Å². The van der Waals surface area contributed by atoms with Crippen LogP contribution in [0, 0.1) is 0 Å². The third kappa shape index (κ3) is 4.51. The first-order valence-electron chi connectivity index (χ1n) is 4.17. The molecule has 12 heavy (non-hydrogen) atoms. The average Bonchev–Trinajstić information content (AvgIpc) is 1.88. The van der Waals surface area contributed by atoms with Crippen molar-refractivity contribution in [1.29, 1.82) is 0 Å². The van der Waals surface area contributed by atoms with Gasteiger partial charge in [0.25, 0.3) is 0 Å². The Balaban J connectivity index is 0. The standard InChI is InChI=1S/C8H18N2.2ClH/c1-7(2)10-5-4-9-8(3)6-10;;/h7-9H,4-6H2,1-3H3;2*1H. The molecule has 1 unspecified atom stereocenters. The molecule has 1 heterocycles. The van der Waals surface area contributed by atoms with Gasteiger partial charge in [0.1, 0.15) is 0 Å². The smallest absolute Gasteiger partial charge is 0.0167 e. The quantitative estimate of drug-likeness (QED) is 0.713. The van der Waals surface area contributed by atoms with Crippen molar-refractivity contribution < 1.29 is 0 Å². The second kappa shape index (κ2) is 6.96. The minimum Gasteiger partial charge on any atom is -0.312 e. The highest BCUT2D eigenvalue weighted by Gasteiger charge is 2.16. The number of hydrogen-bond donors (Lipinski definition) is 1. The molecule has 0 spiro atoms. The van der Waals surface area contributed by atoms with E-state index in [0.717, 1.165) is 6.54 Å². The normalized spacial score (nSPS) is 24.5. The minimum absolute atomic E-state index is 0. The summed E-state index contributed by atoms with van der Waals surface area (Å²) in [5, 5.41) is 3.43. The summed E-state index contributed by atoms with van der Waals surface area (Å²) < 4.78 is 0. The summed E-state index contributed by atoms with van der Waals surface area (Å²) >= 11 is 0. The van der Waals surface area contributed by atoms with Gasteiger partial charge in [0.15, 0.2) is 0 Å². The maximum atomic E-state index is 3.43. The molecule has 76 valence electrons. The largest absolute Gasteiger partial charge is 0.312 e. The monoisotopic (exact) mass is 214 g/mol. The lowest BCUT2D eigenvalue weighted by atomic mass is 10.2. The highest BCUT2D eigenvalue weighted by molar-refractivity contribution is 5.85. The van der Waals surface area contributed by atoms with E-state index in [1.54, 1.807) is 0 Å². The molecule has 2 nitrogen and oxygen atoms in total. The Morgan fingerprint density at radius 3 is 2.25 bits per heavy atom. The molecule has 0 aromatic rings. The van der Waals surface area contributed by atoms with Crippen LogP contribution in [0.3, 0.4) is 0 Å². The van der Waals surface area contributed by atoms with Crippen LogP contribution in [0.2, 0.25) is 0 Å². The zero-order valence-corrected chi connectivity index (χ0v) is 9.67. The van der Waals surface area contributed by atoms with Gasteiger partial charge in [-0.2, -0.15) is 0 Å². The van der Waals surface area contributed by atoms with Crippen LogP contribution in [0.15, 0.2) is 0 Å². The van der Waals surface area contributed by atoms with Crippen molar-refractivity contribution >= 4 is 24.8 Å². The molecule has 1 aliphatic heterocycles. The van der Waals surface area contributed by atoms with Crippen molar-refractivity contribution in [3.8, 4) is 0 Å². The zero-order chi connectivity index (χ0) is 7.56. The summed E-state index contributed by atoms with van der Waals surface area (Å²) in [5.74, 6) is 0. The van der Waals surface area contributed by atoms with Gasteiger partial charge < -0.3 is 5.32 Å². The van der Waals surface area contributed by atoms with Gasteiger partial charge in [-0.25, -0.2) is 0 Å². The number of halogens is 2. The lowest BCUT2D eigenvalue weighted by Gasteiger charge is -2.34. The predicted molar refractivity (Wildman–Crippen MR) is 58.7 cm³/mol. The molecule has 4 heteroatoms. The van der Waals surface area contributed by atoms with Gasteiger partial charge >= 0.3 is 0 Å². The van der Waals surface area contributed by atoms with Gasteiger partial charge in [-0.1, -0.05) is 0 Å². The van der Waals surface area contributed by atoms with Crippen LogP contribution in [-0.2, 0) is 0 Å². The Kier molecular flexibility index (Phi) is 8.69. The Labute approximate surface area is 87.9 Å². The van der Waals surface area contributed by atoms with E-state index in [-0.39, 0.29) is 24.8 Å². The number of piperazine rings is 1. The highest BCUT2D eigenvalue weighted by atomic mass is 35.5. The summed E-state index contributed by atoms with van der Waals surface area (Å²) in [6.07, 6.45) is 0. The predicted octanol–water partition coefficient (Wildman–Crippen LogP) is 1.53. The van der Waals surface area contributed by atoms with Crippen LogP contribution in [0.25, 0.3) is 0 Å². The second-order valence-corrected chi connectivity index (χ2v) is 3.44. The number of rotatable bonds is 1. The molecule has 0 radical (unpaired) electrons. The molecule has 0 bridgehead atoms. The molecular formula is C8H20Cl2N2. The summed E-state index contributed by atoms with van der Waals surface area (Å²) in [4.78, 5) is 2.52. The first-order valence-corrected chi connectivity index (χ1v) is 4.17. The molecule has 0 aliphatic carbocycles. The number of hydrogen-bond acceptors (Lipinski definition) is 2. The molecule has 1 aliphatic rings. The maximum absolute atomic E-state index is 3.43. The SMILES string of the molecule is CC1CN(C(C)C)CCN1.Cl.Cl. The third-order valence-corrected chi connectivity index (χ3v) is 2.13. The molecule has 0 amide bonds. The summed E-state index contributed by atoms with van der Waals surface area (Å²) in [7, 11) is 0. The lowest BCUT2D eigenvalue weighted by molar-refractivity contribution is 0.168. The van der Waals surface area contributed by atoms with Crippen LogP contribution in [-0.4, -0.2) is 36.6 Å². The fraction of sp³-hybridized carbons (Fsp3) is 1.00. The van der Waals surface area contributed by atoms with Gasteiger partial charge in [-0.05, 0) is 20.8 Å². The topological polar surface area (TPSA) is 15.3 Å². The van der Waals surface area contributed by atoms with E-state index in [9.17, 15) is 0 Å². The Hall–Kier alpha value is 0.500. The zero-order valence-electron chi connectivity index (χ0n) is 8.04. The number of nitrogens with zero attached hydrogens (tertiary/aromatic N) is 1. The van der Waals surface area contributed by atoms with E-state index in [1.807, 2.05) is 0 Å². The van der Waals surface area contributed by atoms with Gasteiger partial charge in [0, 0.05) is 31.7 Å². The molecule has 1 fully saturated rings. The van der Waals surface area contributed by atoms with E-state index in [2.05, 4.69) is 31.0 Å². The third-order valence-electron chi connectivity index (χ3n) is 2.13. The van der Waals surface area contributed by atoms with Crippen molar-refractivity contribution in [2.24, 2.45) is 0 Å². The maximum Gasteiger partial charge on any atom is 0.0167 e. The van der Waals surface area contributed by atoms with Gasteiger partial charge in [-0.15, -0.1) is 24.8 Å². The molecule has 0 aromatic heterocycles. The lowest BCUT2D eigenvalue weighted by Crippen LogP contribution is -2.51. The van der Waals surface area contributed by atoms with Gasteiger partial charge in [0.2, 0.25) is 0 Å². The van der Waals surface area contributed by atoms with Crippen LogP contribution >= 0.6 is 24.8 Å². The van der Waals surface area contributed by atoms with E-state index >= 15 is 0 Å². The summed E-state index contributed by atoms with van der Waals surface area (Å²) in [5.41, 5.74) is 0. The van der Waals surface area contributed by atoms with Crippen molar-refractivity contribution in [2.45, 2.75) is 32.9 Å². The molecular weight excluding hydrogens is 195 g/mol. The molecule has 0 aromatic carbocycles. The Bertz CT molecular complexity index is 109. The molecule has 1 atom stereocenters. The Morgan fingerprint density at radius 1 is 1.33 bits per heavy atom. The number of nitrogens with one attached hydrogen (secondary N) is 1. The minimum atomic E-state index is 0. The first-order chi connectivity index (χ1) is 4.70. The summed E-state index contributed by atoms with van der Waals surface area (Å²) in [6, 6.07) is 1.39. The van der Waals surface area contributed by atoms with Crippen molar-refractivity contribution in [2.75, 3.05) is 19.6 Å². The second-order valence-electron chi connectivity index (χ2n) is 3.44. The summed E-state index contributed by atoms with van der Waals surface area (Å²) in [6.45, 7) is 10.3. The van der Waals surface area contributed by atoms with E-state index < -0.39 is 0 Å². The molecule has 0 saturated carbocycles. The first kappa shape index (κ1) is 15.0. The fourth-order valence-corrected chi connectivity index (χ4v) is 1.43. The van der Waals surface area contributed by atoms with Crippen LogP contribution in [0.1, 0.15) is 20.8 Å². The molecule has 1 N–H and O–H groups in total. The Morgan fingerprint density at radius 2 is 1.92 bits per heavy atom. The van der Waals surface area contributed by atoms with E-state index in [0.29, 0.717) is 12.1 Å². The van der Waals surface area contributed by atoms with Crippen molar-refractivity contribution in [3.63, 3.8) is 0 Å². The van der Waals surface area contributed by atoms with Crippen LogP contribution in [0.5, 0.6) is 0 Å². The van der Waals surface area contributed by atoms with Crippen LogP contribution in [0.4, 0.5) is 0 Å². The van der Waals surface area contributed by atoms with Gasteiger partial charge in [-0.3, -0.25) is 4.90 Å². The highest BCUT2D eigenvalue weighted by Crippen LogP contribution is 2.02. The molecule has 1 saturated heterocycles.